The summed E-state index contributed by atoms with van der Waals surface area (Å²) in [7, 11) is 0. The Morgan fingerprint density at radius 2 is 2.00 bits per heavy atom. The third kappa shape index (κ3) is 3.90. The molecule has 226 valence electrons. The van der Waals surface area contributed by atoms with E-state index in [2.05, 4.69) is 34.5 Å². The molecule has 1 aromatic rings. The van der Waals surface area contributed by atoms with Crippen molar-refractivity contribution in [3.8, 4) is 5.75 Å². The number of aliphatic hydroxyl groups is 2. The zero-order valence-corrected chi connectivity index (χ0v) is 23.8. The normalized spacial score (nSPS) is 30.6. The molecule has 0 radical (unpaired) electrons. The van der Waals surface area contributed by atoms with Gasteiger partial charge >= 0.3 is 6.03 Å². The molecule has 0 aliphatic carbocycles. The van der Waals surface area contributed by atoms with Crippen molar-refractivity contribution in [3.63, 3.8) is 0 Å². The summed E-state index contributed by atoms with van der Waals surface area (Å²) in [6.07, 6.45) is 1.48. The number of rotatable bonds is 6. The van der Waals surface area contributed by atoms with Crippen LogP contribution in [0.1, 0.15) is 49.5 Å². The number of para-hydroxylation sites is 1. The number of imide groups is 1. The standard InChI is InChI=1S/C27H37N9O6/c1-4-9-34-13-18(37)35(24(34)39)11-16-20-26(33-22(28)32-20)27(40,41)17(12-36(26)23(29)30-16)31-21(38)14-6-5-7-15-19(14)42-10-8-25(15,2)3/h5-7,16-17,20,40-41H,4,8-13H2,1-3H3,(H2,29,30)(H,31,38)(H3,28,32,33)/t16-,17?,20?,26?/m0/s1. The summed E-state index contributed by atoms with van der Waals surface area (Å²) in [5.74, 6) is -3.33. The Morgan fingerprint density at radius 3 is 2.74 bits per heavy atom. The maximum Gasteiger partial charge on any atom is 0.327 e. The van der Waals surface area contributed by atoms with Gasteiger partial charge in [0.2, 0.25) is 11.7 Å². The van der Waals surface area contributed by atoms with Gasteiger partial charge in [-0.2, -0.15) is 0 Å². The molecular weight excluding hydrogens is 546 g/mol. The smallest absolute Gasteiger partial charge is 0.327 e. The van der Waals surface area contributed by atoms with E-state index in [0.717, 1.165) is 16.9 Å². The fourth-order valence-corrected chi connectivity index (χ4v) is 6.82. The minimum atomic E-state index is -2.67. The molecule has 42 heavy (non-hydrogen) atoms. The average Bonchev–Trinajstić information content (AvgIpc) is 3.49. The van der Waals surface area contributed by atoms with Gasteiger partial charge in [0, 0.05) is 18.7 Å². The maximum absolute atomic E-state index is 13.6. The summed E-state index contributed by atoms with van der Waals surface area (Å²) >= 11 is 0. The molecule has 5 aliphatic rings. The van der Waals surface area contributed by atoms with Crippen LogP contribution < -0.4 is 26.8 Å². The first-order chi connectivity index (χ1) is 19.8. The predicted octanol–water partition coefficient (Wildman–Crippen LogP) is -1.80. The molecule has 1 aromatic carbocycles. The zero-order valence-electron chi connectivity index (χ0n) is 23.8. The lowest BCUT2D eigenvalue weighted by Gasteiger charge is -2.49. The van der Waals surface area contributed by atoms with Gasteiger partial charge in [-0.25, -0.2) is 14.8 Å². The van der Waals surface area contributed by atoms with E-state index in [1.165, 1.54) is 9.80 Å². The van der Waals surface area contributed by atoms with Crippen LogP contribution in [0.4, 0.5) is 4.79 Å². The Labute approximate surface area is 242 Å². The molecule has 0 aromatic heterocycles. The van der Waals surface area contributed by atoms with E-state index in [1.807, 2.05) is 13.0 Å². The summed E-state index contributed by atoms with van der Waals surface area (Å²) in [6, 6.07) is 1.60. The van der Waals surface area contributed by atoms with Crippen molar-refractivity contribution >= 4 is 29.8 Å². The van der Waals surface area contributed by atoms with Crippen molar-refractivity contribution in [2.24, 2.45) is 21.5 Å². The summed E-state index contributed by atoms with van der Waals surface area (Å²) in [6.45, 7) is 6.57. The fourth-order valence-electron chi connectivity index (χ4n) is 6.82. The lowest BCUT2D eigenvalue weighted by Crippen LogP contribution is -2.78. The van der Waals surface area contributed by atoms with E-state index in [1.54, 1.807) is 12.1 Å². The van der Waals surface area contributed by atoms with Gasteiger partial charge in [0.05, 0.1) is 24.8 Å². The Bertz CT molecular complexity index is 1410. The number of aliphatic imine (C=N–C) groups is 2. The average molecular weight is 584 g/mol. The lowest BCUT2D eigenvalue weighted by molar-refractivity contribution is -0.230. The molecule has 15 nitrogen and oxygen atoms in total. The van der Waals surface area contributed by atoms with Gasteiger partial charge in [-0.15, -0.1) is 0 Å². The summed E-state index contributed by atoms with van der Waals surface area (Å²) in [4.78, 5) is 52.1. The number of nitrogens with two attached hydrogens (primary N) is 2. The summed E-state index contributed by atoms with van der Waals surface area (Å²) < 4.78 is 5.89. The number of hydrogen-bond donors (Lipinski definition) is 6. The highest BCUT2D eigenvalue weighted by Crippen LogP contribution is 2.45. The number of nitrogens with zero attached hydrogens (tertiary/aromatic N) is 5. The van der Waals surface area contributed by atoms with Gasteiger partial charge in [0.15, 0.2) is 17.6 Å². The van der Waals surface area contributed by atoms with Crippen LogP contribution in [0.5, 0.6) is 5.75 Å². The van der Waals surface area contributed by atoms with Crippen LogP contribution >= 0.6 is 0 Å². The fraction of sp³-hybridized carbons (Fsp3) is 0.593. The van der Waals surface area contributed by atoms with Crippen LogP contribution in [-0.2, 0) is 10.2 Å². The highest BCUT2D eigenvalue weighted by atomic mass is 16.5. The minimum absolute atomic E-state index is 0.0493. The quantitative estimate of drug-likeness (QED) is 0.163. The van der Waals surface area contributed by atoms with Crippen LogP contribution in [-0.4, -0.2) is 117 Å². The molecule has 1 spiro atoms. The van der Waals surface area contributed by atoms with Crippen molar-refractivity contribution in [2.45, 2.75) is 68.6 Å². The SMILES string of the molecule is CCCN1CC(=O)N(C[C@@H]2N=C(N)N3CC(NC(=O)c4cccc5c4OCCC5(C)C)C(O)(O)C34NC(N)=NC24)C1=O. The molecule has 5 heterocycles. The molecule has 4 amide bonds. The summed E-state index contributed by atoms with van der Waals surface area (Å²) in [5, 5.41) is 29.2. The molecule has 8 N–H and O–H groups in total. The van der Waals surface area contributed by atoms with Crippen molar-refractivity contribution in [1.82, 2.24) is 25.3 Å². The molecule has 3 unspecified atom stereocenters. The Kier molecular flexibility index (Phi) is 6.31. The zero-order chi connectivity index (χ0) is 30.2. The number of ether oxygens (including phenoxy) is 1. The van der Waals surface area contributed by atoms with Crippen LogP contribution in [0.15, 0.2) is 28.2 Å². The van der Waals surface area contributed by atoms with Gasteiger partial charge in [-0.3, -0.25) is 14.5 Å². The summed E-state index contributed by atoms with van der Waals surface area (Å²) in [5.41, 5.74) is 11.6. The molecule has 5 aliphatic heterocycles. The molecule has 2 saturated heterocycles. The number of fused-ring (bicyclic) bond motifs is 1. The molecule has 6 rings (SSSR count). The number of nitrogens with one attached hydrogen (secondary N) is 2. The largest absolute Gasteiger partial charge is 0.492 e. The van der Waals surface area contributed by atoms with E-state index in [-0.39, 0.29) is 42.5 Å². The highest BCUT2D eigenvalue weighted by Gasteiger charge is 2.73. The van der Waals surface area contributed by atoms with Gasteiger partial charge in [-0.05, 0) is 24.3 Å². The maximum atomic E-state index is 13.6. The van der Waals surface area contributed by atoms with Crippen molar-refractivity contribution in [3.05, 3.63) is 29.3 Å². The van der Waals surface area contributed by atoms with Crippen LogP contribution in [0.2, 0.25) is 0 Å². The second-order valence-electron chi connectivity index (χ2n) is 12.1. The number of benzene rings is 1. The van der Waals surface area contributed by atoms with Gasteiger partial charge in [0.1, 0.15) is 24.4 Å². The third-order valence-corrected chi connectivity index (χ3v) is 9.06. The van der Waals surface area contributed by atoms with E-state index in [0.29, 0.717) is 25.3 Å². The van der Waals surface area contributed by atoms with Crippen molar-refractivity contribution in [2.75, 3.05) is 32.8 Å². The van der Waals surface area contributed by atoms with Crippen molar-refractivity contribution < 1.29 is 29.3 Å². The molecule has 0 saturated carbocycles. The number of urea groups is 1. The minimum Gasteiger partial charge on any atom is -0.492 e. The molecule has 15 heteroatoms. The Morgan fingerprint density at radius 1 is 1.24 bits per heavy atom. The molecular formula is C27H37N9O6. The Hall–Kier alpha value is -4.11. The van der Waals surface area contributed by atoms with Gasteiger partial charge < -0.3 is 46.9 Å². The predicted molar refractivity (Wildman–Crippen MR) is 150 cm³/mol. The van der Waals surface area contributed by atoms with Crippen LogP contribution in [0.3, 0.4) is 0 Å². The van der Waals surface area contributed by atoms with E-state index in [4.69, 9.17) is 16.2 Å². The van der Waals surface area contributed by atoms with Gasteiger partial charge in [0.25, 0.3) is 5.91 Å². The number of amides is 4. The van der Waals surface area contributed by atoms with Crippen LogP contribution in [0.25, 0.3) is 0 Å². The van der Waals surface area contributed by atoms with Crippen LogP contribution in [0, 0.1) is 0 Å². The first-order valence-electron chi connectivity index (χ1n) is 14.2. The number of carbonyl (C=O) groups is 3. The van der Waals surface area contributed by atoms with Crippen molar-refractivity contribution in [1.29, 1.82) is 0 Å². The molecule has 4 atom stereocenters. The Balaban J connectivity index is 1.29. The van der Waals surface area contributed by atoms with E-state index >= 15 is 0 Å². The molecule has 0 bridgehead atoms. The highest BCUT2D eigenvalue weighted by molar-refractivity contribution is 6.02. The number of carbonyl (C=O) groups excluding carboxylic acids is 3. The monoisotopic (exact) mass is 583 g/mol. The first-order valence-corrected chi connectivity index (χ1v) is 14.2. The van der Waals surface area contributed by atoms with Gasteiger partial charge in [-0.1, -0.05) is 32.9 Å². The van der Waals surface area contributed by atoms with E-state index in [9.17, 15) is 24.6 Å². The number of hydrogen-bond acceptors (Lipinski definition) is 12. The second-order valence-corrected chi connectivity index (χ2v) is 12.1. The lowest BCUT2D eigenvalue weighted by atomic mass is 9.79. The first kappa shape index (κ1) is 28.0. The van der Waals surface area contributed by atoms with E-state index < -0.39 is 47.4 Å². The number of guanidine groups is 2. The third-order valence-electron chi connectivity index (χ3n) is 9.06. The molecule has 2 fully saturated rings. The second kappa shape index (κ2) is 9.46. The topological polar surface area (TPSA) is 211 Å².